The molecule has 0 aromatic carbocycles. The summed E-state index contributed by atoms with van der Waals surface area (Å²) in [5.41, 5.74) is -0.376. The van der Waals surface area contributed by atoms with Gasteiger partial charge in [-0.15, -0.1) is 5.10 Å². The summed E-state index contributed by atoms with van der Waals surface area (Å²) in [5.74, 6) is -0.226. The molecule has 0 spiro atoms. The number of carbonyl (C=O) groups excluding carboxylic acids is 1. The fourth-order valence-corrected chi connectivity index (χ4v) is 3.12. The van der Waals surface area contributed by atoms with E-state index in [-0.39, 0.29) is 23.6 Å². The minimum atomic E-state index is -1.05. The lowest BCUT2D eigenvalue weighted by Gasteiger charge is -2.32. The van der Waals surface area contributed by atoms with Crippen LogP contribution in [0.4, 0.5) is 0 Å². The number of aliphatic hydroxyl groups is 1. The van der Waals surface area contributed by atoms with E-state index in [0.717, 1.165) is 25.7 Å². The molecule has 2 aromatic heterocycles. The van der Waals surface area contributed by atoms with E-state index in [2.05, 4.69) is 20.6 Å². The molecule has 3 rings (SSSR count). The van der Waals surface area contributed by atoms with Crippen molar-refractivity contribution in [2.45, 2.75) is 57.2 Å². The van der Waals surface area contributed by atoms with Crippen molar-refractivity contribution in [3.05, 3.63) is 46.1 Å². The maximum Gasteiger partial charge on any atom is 0.253 e. The van der Waals surface area contributed by atoms with Crippen molar-refractivity contribution in [2.24, 2.45) is 0 Å². The molecule has 1 amide bonds. The first-order valence-corrected chi connectivity index (χ1v) is 8.49. The predicted octanol–water partition coefficient (Wildman–Crippen LogP) is 1.11. The molecule has 8 heteroatoms. The minimum absolute atomic E-state index is 0.0101. The molecular formula is C17H23N5O3. The van der Waals surface area contributed by atoms with Gasteiger partial charge in [0.2, 0.25) is 5.56 Å². The molecule has 0 saturated heterocycles. The number of H-pyrrole nitrogens is 1. The summed E-state index contributed by atoms with van der Waals surface area (Å²) >= 11 is 0. The SMILES string of the molecule is CC(C)(O)c1cn([C@@H]2CCCC[C@@H]2NC(=O)c2ccc(=O)[nH]c2)nn1. The van der Waals surface area contributed by atoms with Crippen LogP contribution < -0.4 is 10.9 Å². The lowest BCUT2D eigenvalue weighted by atomic mass is 9.90. The highest BCUT2D eigenvalue weighted by molar-refractivity contribution is 5.94. The third-order valence-corrected chi connectivity index (χ3v) is 4.57. The average Bonchev–Trinajstić information content (AvgIpc) is 3.06. The van der Waals surface area contributed by atoms with Gasteiger partial charge in [0.15, 0.2) is 0 Å². The zero-order chi connectivity index (χ0) is 18.0. The molecule has 2 aromatic rings. The molecule has 0 unspecified atom stereocenters. The molecule has 2 atom stereocenters. The van der Waals surface area contributed by atoms with Crippen LogP contribution in [0, 0.1) is 0 Å². The normalized spacial score (nSPS) is 21.1. The summed E-state index contributed by atoms with van der Waals surface area (Å²) in [7, 11) is 0. The quantitative estimate of drug-likeness (QED) is 0.768. The summed E-state index contributed by atoms with van der Waals surface area (Å²) in [4.78, 5) is 26.1. The van der Waals surface area contributed by atoms with Gasteiger partial charge in [-0.2, -0.15) is 0 Å². The average molecular weight is 345 g/mol. The Bertz CT molecular complexity index is 785. The van der Waals surface area contributed by atoms with E-state index in [0.29, 0.717) is 11.3 Å². The summed E-state index contributed by atoms with van der Waals surface area (Å²) in [6.07, 6.45) is 6.96. The van der Waals surface area contributed by atoms with Gasteiger partial charge in [-0.3, -0.25) is 9.59 Å². The van der Waals surface area contributed by atoms with Crippen LogP contribution in [0.1, 0.15) is 61.6 Å². The first-order valence-electron chi connectivity index (χ1n) is 8.49. The van der Waals surface area contributed by atoms with Crippen LogP contribution in [0.15, 0.2) is 29.3 Å². The minimum Gasteiger partial charge on any atom is -0.384 e. The number of hydrogen-bond acceptors (Lipinski definition) is 5. The van der Waals surface area contributed by atoms with Gasteiger partial charge in [0.1, 0.15) is 11.3 Å². The van der Waals surface area contributed by atoms with Crippen LogP contribution in [-0.2, 0) is 5.60 Å². The molecule has 25 heavy (non-hydrogen) atoms. The van der Waals surface area contributed by atoms with Gasteiger partial charge >= 0.3 is 0 Å². The molecule has 8 nitrogen and oxygen atoms in total. The number of amides is 1. The van der Waals surface area contributed by atoms with Gasteiger partial charge < -0.3 is 15.4 Å². The fourth-order valence-electron chi connectivity index (χ4n) is 3.12. The van der Waals surface area contributed by atoms with E-state index in [4.69, 9.17) is 0 Å². The van der Waals surface area contributed by atoms with Crippen LogP contribution in [-0.4, -0.2) is 37.0 Å². The summed E-state index contributed by atoms with van der Waals surface area (Å²) in [5, 5.41) is 21.3. The molecule has 3 N–H and O–H groups in total. The van der Waals surface area contributed by atoms with E-state index in [9.17, 15) is 14.7 Å². The number of hydrogen-bond donors (Lipinski definition) is 3. The Labute approximate surface area is 145 Å². The number of nitrogens with zero attached hydrogens (tertiary/aromatic N) is 3. The Balaban J connectivity index is 1.77. The fraction of sp³-hybridized carbons (Fsp3) is 0.529. The first kappa shape index (κ1) is 17.3. The van der Waals surface area contributed by atoms with E-state index < -0.39 is 5.60 Å². The lowest BCUT2D eigenvalue weighted by molar-refractivity contribution is 0.0736. The zero-order valence-electron chi connectivity index (χ0n) is 14.4. The Kier molecular flexibility index (Phi) is 4.71. The first-order chi connectivity index (χ1) is 11.8. The van der Waals surface area contributed by atoms with E-state index >= 15 is 0 Å². The van der Waals surface area contributed by atoms with Crippen molar-refractivity contribution < 1.29 is 9.90 Å². The summed E-state index contributed by atoms with van der Waals surface area (Å²) < 4.78 is 1.74. The van der Waals surface area contributed by atoms with Crippen molar-refractivity contribution in [1.29, 1.82) is 0 Å². The van der Waals surface area contributed by atoms with Crippen molar-refractivity contribution in [2.75, 3.05) is 0 Å². The summed E-state index contributed by atoms with van der Waals surface area (Å²) in [6, 6.07) is 2.75. The van der Waals surface area contributed by atoms with Crippen molar-refractivity contribution in [1.82, 2.24) is 25.3 Å². The highest BCUT2D eigenvalue weighted by atomic mass is 16.3. The molecular weight excluding hydrogens is 322 g/mol. The van der Waals surface area contributed by atoms with Gasteiger partial charge in [0.05, 0.1) is 23.8 Å². The second kappa shape index (κ2) is 6.79. The highest BCUT2D eigenvalue weighted by Crippen LogP contribution is 2.29. The van der Waals surface area contributed by atoms with Crippen LogP contribution in [0.2, 0.25) is 0 Å². The van der Waals surface area contributed by atoms with Crippen LogP contribution in [0.3, 0.4) is 0 Å². The number of aromatic amines is 1. The molecule has 1 aliphatic carbocycles. The van der Waals surface area contributed by atoms with Gasteiger partial charge in [-0.1, -0.05) is 18.1 Å². The monoisotopic (exact) mass is 345 g/mol. The Morgan fingerprint density at radius 3 is 2.76 bits per heavy atom. The molecule has 0 aliphatic heterocycles. The van der Waals surface area contributed by atoms with E-state index in [1.807, 2.05) is 0 Å². The highest BCUT2D eigenvalue weighted by Gasteiger charge is 2.30. The molecule has 0 radical (unpaired) electrons. The molecule has 1 aliphatic rings. The number of rotatable bonds is 4. The molecule has 0 bridgehead atoms. The van der Waals surface area contributed by atoms with Gasteiger partial charge in [0, 0.05) is 12.3 Å². The van der Waals surface area contributed by atoms with Gasteiger partial charge in [-0.25, -0.2) is 4.68 Å². The number of nitrogens with one attached hydrogen (secondary N) is 2. The van der Waals surface area contributed by atoms with Gasteiger partial charge in [0.25, 0.3) is 5.91 Å². The second-order valence-corrected chi connectivity index (χ2v) is 7.02. The molecule has 134 valence electrons. The van der Waals surface area contributed by atoms with E-state index in [1.54, 1.807) is 24.7 Å². The third-order valence-electron chi connectivity index (χ3n) is 4.57. The maximum atomic E-state index is 12.4. The van der Waals surface area contributed by atoms with Crippen molar-refractivity contribution >= 4 is 5.91 Å². The van der Waals surface area contributed by atoms with Crippen LogP contribution in [0.25, 0.3) is 0 Å². The largest absolute Gasteiger partial charge is 0.384 e. The standard InChI is InChI=1S/C17H23N5O3/c1-17(2,25)14-10-22(21-20-14)13-6-4-3-5-12(13)19-16(24)11-7-8-15(23)18-9-11/h7-10,12-13,25H,3-6H2,1-2H3,(H,18,23)(H,19,24)/t12-,13+/m0/s1. The van der Waals surface area contributed by atoms with Crippen LogP contribution in [0.5, 0.6) is 0 Å². The van der Waals surface area contributed by atoms with Crippen LogP contribution >= 0.6 is 0 Å². The van der Waals surface area contributed by atoms with E-state index in [1.165, 1.54) is 18.3 Å². The maximum absolute atomic E-state index is 12.4. The topological polar surface area (TPSA) is 113 Å². The Morgan fingerprint density at radius 1 is 1.36 bits per heavy atom. The molecule has 1 saturated carbocycles. The van der Waals surface area contributed by atoms with Crippen molar-refractivity contribution in [3.63, 3.8) is 0 Å². The second-order valence-electron chi connectivity index (χ2n) is 7.02. The summed E-state index contributed by atoms with van der Waals surface area (Å²) in [6.45, 7) is 3.33. The Hall–Kier alpha value is -2.48. The molecule has 2 heterocycles. The number of aromatic nitrogens is 4. The molecule has 1 fully saturated rings. The Morgan fingerprint density at radius 2 is 2.12 bits per heavy atom. The predicted molar refractivity (Wildman–Crippen MR) is 91.1 cm³/mol. The smallest absolute Gasteiger partial charge is 0.253 e. The van der Waals surface area contributed by atoms with Crippen molar-refractivity contribution in [3.8, 4) is 0 Å². The number of carbonyl (C=O) groups is 1. The lowest BCUT2D eigenvalue weighted by Crippen LogP contribution is -2.43. The zero-order valence-corrected chi connectivity index (χ0v) is 14.4. The third kappa shape index (κ3) is 3.96. The number of pyridine rings is 1. The van der Waals surface area contributed by atoms with Gasteiger partial charge in [-0.05, 0) is 32.8 Å².